The van der Waals surface area contributed by atoms with Crippen molar-refractivity contribution in [2.45, 2.75) is 33.1 Å². The molecule has 0 bridgehead atoms. The summed E-state index contributed by atoms with van der Waals surface area (Å²) in [6, 6.07) is 4.13. The van der Waals surface area contributed by atoms with Crippen molar-refractivity contribution in [3.8, 4) is 6.01 Å². The van der Waals surface area contributed by atoms with E-state index in [1.807, 2.05) is 12.1 Å². The highest BCUT2D eigenvalue weighted by Gasteiger charge is 2.11. The largest absolute Gasteiger partial charge is 0.412 e. The Balaban J connectivity index is 2.43. The average Bonchev–Trinajstić information content (AvgIpc) is 2.69. The van der Waals surface area contributed by atoms with Crippen LogP contribution in [0, 0.1) is 6.92 Å². The highest BCUT2D eigenvalue weighted by atomic mass is 16.6. The third-order valence-electron chi connectivity index (χ3n) is 2.95. The van der Waals surface area contributed by atoms with Crippen LogP contribution in [0.25, 0.3) is 11.0 Å². The summed E-state index contributed by atoms with van der Waals surface area (Å²) >= 11 is 0. The minimum Gasteiger partial charge on any atom is -0.376 e. The molecular formula is C13H17N3O2. The molecule has 1 aromatic heterocycles. The second kappa shape index (κ2) is 5.08. The van der Waals surface area contributed by atoms with Crippen molar-refractivity contribution in [3.05, 3.63) is 23.3 Å². The molecule has 18 heavy (non-hydrogen) atoms. The number of rotatable bonds is 4. The number of hydrogen-bond donors (Lipinski definition) is 2. The van der Waals surface area contributed by atoms with E-state index in [0.29, 0.717) is 0 Å². The van der Waals surface area contributed by atoms with Crippen molar-refractivity contribution < 1.29 is 9.53 Å². The highest BCUT2D eigenvalue weighted by molar-refractivity contribution is 5.81. The molecule has 5 heteroatoms. The highest BCUT2D eigenvalue weighted by Crippen LogP contribution is 2.24. The quantitative estimate of drug-likeness (QED) is 0.871. The SMILES string of the molecule is CCCCc1c(C)ccc2[nH]c(OC(N)=O)nc12. The van der Waals surface area contributed by atoms with Gasteiger partial charge in [-0.25, -0.2) is 4.79 Å². The Hall–Kier alpha value is -2.04. The number of unbranched alkanes of at least 4 members (excludes halogenated alkanes) is 1. The number of hydrogen-bond acceptors (Lipinski definition) is 3. The lowest BCUT2D eigenvalue weighted by atomic mass is 10.0. The fourth-order valence-corrected chi connectivity index (χ4v) is 2.02. The number of carbonyl (C=O) groups is 1. The zero-order valence-corrected chi connectivity index (χ0v) is 10.6. The number of nitrogens with two attached hydrogens (primary N) is 1. The summed E-state index contributed by atoms with van der Waals surface area (Å²) in [5, 5.41) is 0. The molecule has 96 valence electrons. The molecule has 0 saturated carbocycles. The van der Waals surface area contributed by atoms with E-state index in [1.54, 1.807) is 0 Å². The average molecular weight is 247 g/mol. The van der Waals surface area contributed by atoms with Gasteiger partial charge in [0.25, 0.3) is 0 Å². The zero-order chi connectivity index (χ0) is 13.1. The summed E-state index contributed by atoms with van der Waals surface area (Å²) in [6.07, 6.45) is 2.35. The number of primary amides is 1. The number of ether oxygens (including phenoxy) is 1. The number of aromatic nitrogens is 2. The molecule has 2 rings (SSSR count). The van der Waals surface area contributed by atoms with E-state index >= 15 is 0 Å². The van der Waals surface area contributed by atoms with Crippen LogP contribution in [0.5, 0.6) is 6.01 Å². The maximum Gasteiger partial charge on any atom is 0.412 e. The van der Waals surface area contributed by atoms with Gasteiger partial charge in [-0.3, -0.25) is 0 Å². The number of fused-ring (bicyclic) bond motifs is 1. The lowest BCUT2D eigenvalue weighted by Crippen LogP contribution is -2.16. The van der Waals surface area contributed by atoms with Crippen molar-refractivity contribution >= 4 is 17.1 Å². The van der Waals surface area contributed by atoms with Gasteiger partial charge >= 0.3 is 12.1 Å². The van der Waals surface area contributed by atoms with Gasteiger partial charge in [0.1, 0.15) is 0 Å². The number of H-pyrrole nitrogens is 1. The normalized spacial score (nSPS) is 10.8. The first-order valence-electron chi connectivity index (χ1n) is 6.07. The molecule has 0 spiro atoms. The van der Waals surface area contributed by atoms with Gasteiger partial charge in [-0.15, -0.1) is 0 Å². The van der Waals surface area contributed by atoms with E-state index in [4.69, 9.17) is 10.5 Å². The summed E-state index contributed by atoms with van der Waals surface area (Å²) in [5.74, 6) is 0. The Morgan fingerprint density at radius 1 is 1.50 bits per heavy atom. The molecule has 2 aromatic rings. The predicted molar refractivity (Wildman–Crippen MR) is 69.7 cm³/mol. The van der Waals surface area contributed by atoms with Gasteiger partial charge in [-0.2, -0.15) is 4.98 Å². The molecule has 0 aliphatic heterocycles. The number of aromatic amines is 1. The van der Waals surface area contributed by atoms with Gasteiger partial charge in [0.05, 0.1) is 11.0 Å². The van der Waals surface area contributed by atoms with Crippen LogP contribution in [0.3, 0.4) is 0 Å². The second-order valence-corrected chi connectivity index (χ2v) is 4.32. The smallest absolute Gasteiger partial charge is 0.376 e. The minimum atomic E-state index is -0.860. The summed E-state index contributed by atoms with van der Waals surface area (Å²) in [4.78, 5) is 17.9. The third kappa shape index (κ3) is 2.45. The molecule has 0 saturated heterocycles. The summed E-state index contributed by atoms with van der Waals surface area (Å²) in [6.45, 7) is 4.22. The Morgan fingerprint density at radius 2 is 2.28 bits per heavy atom. The van der Waals surface area contributed by atoms with Gasteiger partial charge in [-0.1, -0.05) is 19.4 Å². The Labute approximate surface area is 105 Å². The molecule has 1 aromatic carbocycles. The van der Waals surface area contributed by atoms with Crippen molar-refractivity contribution in [2.75, 3.05) is 0 Å². The number of nitrogens with zero attached hydrogens (tertiary/aromatic N) is 1. The minimum absolute atomic E-state index is 0.154. The third-order valence-corrected chi connectivity index (χ3v) is 2.95. The lowest BCUT2D eigenvalue weighted by molar-refractivity contribution is 0.207. The standard InChI is InChI=1S/C13H17N3O2/c1-3-4-5-9-8(2)6-7-10-11(9)16-13(15-10)18-12(14)17/h6-7H,3-5H2,1-2H3,(H2,14,17)(H,15,16). The van der Waals surface area contributed by atoms with E-state index in [-0.39, 0.29) is 6.01 Å². The first-order valence-corrected chi connectivity index (χ1v) is 6.07. The summed E-state index contributed by atoms with van der Waals surface area (Å²) in [7, 11) is 0. The number of benzene rings is 1. The molecule has 0 radical (unpaired) electrons. The van der Waals surface area contributed by atoms with Crippen molar-refractivity contribution in [1.82, 2.24) is 9.97 Å². The Bertz CT molecular complexity index is 575. The molecule has 0 fully saturated rings. The van der Waals surface area contributed by atoms with Crippen molar-refractivity contribution in [1.29, 1.82) is 0 Å². The molecule has 1 amide bonds. The van der Waals surface area contributed by atoms with Crippen LogP contribution >= 0.6 is 0 Å². The molecule has 0 atom stereocenters. The molecular weight excluding hydrogens is 230 g/mol. The topological polar surface area (TPSA) is 81.0 Å². The fraction of sp³-hybridized carbons (Fsp3) is 0.385. The van der Waals surface area contributed by atoms with Gasteiger partial charge in [-0.05, 0) is 37.0 Å². The van der Waals surface area contributed by atoms with Crippen LogP contribution in [0.2, 0.25) is 0 Å². The molecule has 0 aliphatic carbocycles. The number of aryl methyl sites for hydroxylation is 2. The van der Waals surface area contributed by atoms with Crippen LogP contribution in [0.4, 0.5) is 4.79 Å². The van der Waals surface area contributed by atoms with E-state index in [0.717, 1.165) is 30.3 Å². The van der Waals surface area contributed by atoms with E-state index in [9.17, 15) is 4.79 Å². The number of imidazole rings is 1. The molecule has 3 N–H and O–H groups in total. The first-order chi connectivity index (χ1) is 8.61. The predicted octanol–water partition coefficient (Wildman–Crippen LogP) is 2.67. The number of nitrogens with one attached hydrogen (secondary N) is 1. The molecule has 1 heterocycles. The maximum atomic E-state index is 10.7. The Kier molecular flexibility index (Phi) is 3.50. The van der Waals surface area contributed by atoms with Crippen LogP contribution in [0.1, 0.15) is 30.9 Å². The van der Waals surface area contributed by atoms with Crippen molar-refractivity contribution in [2.24, 2.45) is 5.73 Å². The number of carbonyl (C=O) groups excluding carboxylic acids is 1. The van der Waals surface area contributed by atoms with Gasteiger partial charge in [0.15, 0.2) is 0 Å². The molecule has 5 nitrogen and oxygen atoms in total. The van der Waals surface area contributed by atoms with E-state index in [1.165, 1.54) is 11.1 Å². The Morgan fingerprint density at radius 3 is 2.94 bits per heavy atom. The zero-order valence-electron chi connectivity index (χ0n) is 10.6. The van der Waals surface area contributed by atoms with Gasteiger partial charge < -0.3 is 15.5 Å². The van der Waals surface area contributed by atoms with Crippen LogP contribution in [0.15, 0.2) is 12.1 Å². The van der Waals surface area contributed by atoms with Crippen molar-refractivity contribution in [3.63, 3.8) is 0 Å². The van der Waals surface area contributed by atoms with E-state index < -0.39 is 6.09 Å². The first kappa shape index (κ1) is 12.4. The maximum absolute atomic E-state index is 10.7. The van der Waals surface area contributed by atoms with Gasteiger partial charge in [0, 0.05) is 0 Å². The lowest BCUT2D eigenvalue weighted by Gasteiger charge is -2.05. The van der Waals surface area contributed by atoms with Gasteiger partial charge in [0.2, 0.25) is 0 Å². The second-order valence-electron chi connectivity index (χ2n) is 4.32. The monoisotopic (exact) mass is 247 g/mol. The molecule has 0 aliphatic rings. The number of amides is 1. The summed E-state index contributed by atoms with van der Waals surface area (Å²) in [5.41, 5.74) is 9.10. The van der Waals surface area contributed by atoms with E-state index in [2.05, 4.69) is 23.8 Å². The van der Waals surface area contributed by atoms with Crippen LogP contribution in [-0.4, -0.2) is 16.1 Å². The molecule has 0 unspecified atom stereocenters. The van der Waals surface area contributed by atoms with Crippen LogP contribution < -0.4 is 10.5 Å². The fourth-order valence-electron chi connectivity index (χ4n) is 2.02. The van der Waals surface area contributed by atoms with Crippen LogP contribution in [-0.2, 0) is 6.42 Å². The summed E-state index contributed by atoms with van der Waals surface area (Å²) < 4.78 is 4.77.